The molecule has 176 valence electrons. The second kappa shape index (κ2) is 9.36. The summed E-state index contributed by atoms with van der Waals surface area (Å²) in [7, 11) is -0.310. The number of hydrogen-bond donors (Lipinski definition) is 1. The minimum absolute atomic E-state index is 0.105. The molecule has 0 aliphatic rings. The van der Waals surface area contributed by atoms with Gasteiger partial charge in [-0.1, -0.05) is 47.7 Å². The molecular weight excluding hydrogens is 452 g/mol. The molecule has 1 unspecified atom stereocenters. The molecule has 0 bridgehead atoms. The van der Waals surface area contributed by atoms with Gasteiger partial charge in [0.25, 0.3) is 0 Å². The van der Waals surface area contributed by atoms with Crippen LogP contribution in [0.25, 0.3) is 11.0 Å². The first-order valence-corrected chi connectivity index (χ1v) is 12.2. The van der Waals surface area contributed by atoms with Crippen LogP contribution in [0, 0.1) is 6.92 Å². The van der Waals surface area contributed by atoms with Crippen LogP contribution in [-0.4, -0.2) is 45.8 Å². The maximum atomic E-state index is 13.0. The molecule has 0 saturated heterocycles. The number of carboxylic acid groups (broad SMARTS) is 1. The van der Waals surface area contributed by atoms with E-state index in [1.54, 1.807) is 49.1 Å². The first-order chi connectivity index (χ1) is 16.2. The zero-order chi connectivity index (χ0) is 24.5. The smallest absolute Gasteiger partial charge is 0.304 e. The molecule has 1 heterocycles. The number of fused-ring (bicyclic) bond motifs is 1. The molecular formula is C25H26N4O4S. The summed E-state index contributed by atoms with van der Waals surface area (Å²) in [5.41, 5.74) is 4.91. The van der Waals surface area contributed by atoms with Crippen molar-refractivity contribution in [2.45, 2.75) is 30.7 Å². The standard InChI is InChI=1S/C25H26N4O4S/c1-17-9-10-18(13-20(17)16-28(2)34(32,33)21-7-5-4-6-8-21)22(15-25(30)31)19-11-12-24-23(14-19)26-27-29(24)3/h4-14,22H,15-16H2,1-3H3,(H,30,31). The lowest BCUT2D eigenvalue weighted by Gasteiger charge is -2.21. The van der Waals surface area contributed by atoms with Crippen molar-refractivity contribution in [1.29, 1.82) is 0 Å². The Morgan fingerprint density at radius 3 is 2.44 bits per heavy atom. The van der Waals surface area contributed by atoms with Gasteiger partial charge in [-0.25, -0.2) is 13.1 Å². The highest BCUT2D eigenvalue weighted by molar-refractivity contribution is 7.89. The molecule has 3 aromatic carbocycles. The third kappa shape index (κ3) is 4.71. The average Bonchev–Trinajstić information content (AvgIpc) is 3.19. The Hall–Kier alpha value is -3.56. The third-order valence-corrected chi connectivity index (χ3v) is 7.85. The van der Waals surface area contributed by atoms with Crippen molar-refractivity contribution in [2.75, 3.05) is 7.05 Å². The van der Waals surface area contributed by atoms with Gasteiger partial charge in [0.05, 0.1) is 16.8 Å². The first-order valence-electron chi connectivity index (χ1n) is 10.8. The number of carbonyl (C=O) groups is 1. The van der Waals surface area contributed by atoms with Crippen LogP contribution in [-0.2, 0) is 28.4 Å². The lowest BCUT2D eigenvalue weighted by molar-refractivity contribution is -0.137. The van der Waals surface area contributed by atoms with Gasteiger partial charge in [0.15, 0.2) is 0 Å². The van der Waals surface area contributed by atoms with Gasteiger partial charge in [-0.15, -0.1) is 5.10 Å². The zero-order valence-electron chi connectivity index (χ0n) is 19.2. The van der Waals surface area contributed by atoms with Gasteiger partial charge in [0.2, 0.25) is 10.0 Å². The van der Waals surface area contributed by atoms with Crippen molar-refractivity contribution in [2.24, 2.45) is 7.05 Å². The predicted octanol–water partition coefficient (Wildman–Crippen LogP) is 3.70. The topological polar surface area (TPSA) is 105 Å². The molecule has 0 aliphatic heterocycles. The van der Waals surface area contributed by atoms with Gasteiger partial charge < -0.3 is 5.11 Å². The highest BCUT2D eigenvalue weighted by Crippen LogP contribution is 2.32. The third-order valence-electron chi connectivity index (χ3n) is 6.04. The van der Waals surface area contributed by atoms with Crippen LogP contribution in [0.15, 0.2) is 71.6 Å². The Kier molecular flexibility index (Phi) is 6.49. The van der Waals surface area contributed by atoms with Gasteiger partial charge in [0, 0.05) is 26.6 Å². The van der Waals surface area contributed by atoms with Crippen molar-refractivity contribution < 1.29 is 18.3 Å². The molecule has 0 spiro atoms. The average molecular weight is 479 g/mol. The Bertz CT molecular complexity index is 1450. The maximum Gasteiger partial charge on any atom is 0.304 e. The highest BCUT2D eigenvalue weighted by Gasteiger charge is 2.23. The summed E-state index contributed by atoms with van der Waals surface area (Å²) in [5.74, 6) is -1.34. The second-order valence-electron chi connectivity index (χ2n) is 8.37. The summed E-state index contributed by atoms with van der Waals surface area (Å²) >= 11 is 0. The fourth-order valence-corrected chi connectivity index (χ4v) is 5.22. The number of sulfonamides is 1. The molecule has 4 aromatic rings. The number of carboxylic acids is 1. The van der Waals surface area contributed by atoms with E-state index < -0.39 is 21.9 Å². The summed E-state index contributed by atoms with van der Waals surface area (Å²) in [4.78, 5) is 12.0. The fourth-order valence-electron chi connectivity index (χ4n) is 4.05. The van der Waals surface area contributed by atoms with Crippen molar-refractivity contribution in [3.63, 3.8) is 0 Å². The van der Waals surface area contributed by atoms with Crippen molar-refractivity contribution in [1.82, 2.24) is 19.3 Å². The Labute approximate surface area is 198 Å². The van der Waals surface area contributed by atoms with Gasteiger partial charge in [-0.3, -0.25) is 4.79 Å². The largest absolute Gasteiger partial charge is 0.481 e. The van der Waals surface area contributed by atoms with E-state index in [0.29, 0.717) is 5.52 Å². The summed E-state index contributed by atoms with van der Waals surface area (Å²) in [6, 6.07) is 19.6. The van der Waals surface area contributed by atoms with E-state index in [1.807, 2.05) is 43.3 Å². The van der Waals surface area contributed by atoms with Crippen LogP contribution >= 0.6 is 0 Å². The minimum Gasteiger partial charge on any atom is -0.481 e. The summed E-state index contributed by atoms with van der Waals surface area (Å²) in [6.07, 6.45) is -0.105. The van der Waals surface area contributed by atoms with Crippen LogP contribution in [0.4, 0.5) is 0 Å². The van der Waals surface area contributed by atoms with Crippen molar-refractivity contribution >= 4 is 27.0 Å². The van der Waals surface area contributed by atoms with E-state index in [-0.39, 0.29) is 17.9 Å². The van der Waals surface area contributed by atoms with Crippen molar-refractivity contribution in [3.05, 3.63) is 89.0 Å². The SMILES string of the molecule is Cc1ccc(C(CC(=O)O)c2ccc3c(c2)nnn3C)cc1CN(C)S(=O)(=O)c1ccccc1. The highest BCUT2D eigenvalue weighted by atomic mass is 32.2. The monoisotopic (exact) mass is 478 g/mol. The van der Waals surface area contributed by atoms with Crippen LogP contribution < -0.4 is 0 Å². The first kappa shape index (κ1) is 23.6. The Balaban J connectivity index is 1.69. The quantitative estimate of drug-likeness (QED) is 0.414. The summed E-state index contributed by atoms with van der Waals surface area (Å²) in [6.45, 7) is 2.08. The number of aromatic nitrogens is 3. The van der Waals surface area contributed by atoms with E-state index in [2.05, 4.69) is 10.3 Å². The molecule has 1 atom stereocenters. The Morgan fingerprint density at radius 1 is 1.06 bits per heavy atom. The lowest BCUT2D eigenvalue weighted by atomic mass is 9.86. The van der Waals surface area contributed by atoms with Crippen LogP contribution in [0.1, 0.15) is 34.6 Å². The van der Waals surface area contributed by atoms with Gasteiger partial charge in [0.1, 0.15) is 5.52 Å². The number of rotatable bonds is 8. The zero-order valence-corrected chi connectivity index (χ0v) is 20.0. The van der Waals surface area contributed by atoms with E-state index in [0.717, 1.165) is 27.8 Å². The molecule has 0 amide bonds. The molecule has 0 fully saturated rings. The fraction of sp³-hybridized carbons (Fsp3) is 0.240. The maximum absolute atomic E-state index is 13.0. The molecule has 1 N–H and O–H groups in total. The number of nitrogens with zero attached hydrogens (tertiary/aromatic N) is 4. The van der Waals surface area contributed by atoms with E-state index in [4.69, 9.17) is 0 Å². The summed E-state index contributed by atoms with van der Waals surface area (Å²) in [5, 5.41) is 17.8. The van der Waals surface area contributed by atoms with E-state index >= 15 is 0 Å². The molecule has 0 saturated carbocycles. The Morgan fingerprint density at radius 2 is 1.74 bits per heavy atom. The predicted molar refractivity (Wildman–Crippen MR) is 129 cm³/mol. The molecule has 9 heteroatoms. The van der Waals surface area contributed by atoms with Crippen LogP contribution in [0.2, 0.25) is 0 Å². The van der Waals surface area contributed by atoms with Crippen LogP contribution in [0.3, 0.4) is 0 Å². The normalized spacial score (nSPS) is 12.8. The van der Waals surface area contributed by atoms with E-state index in [9.17, 15) is 18.3 Å². The number of aryl methyl sites for hydroxylation is 2. The van der Waals surface area contributed by atoms with Gasteiger partial charge in [-0.2, -0.15) is 4.31 Å². The molecule has 4 rings (SSSR count). The van der Waals surface area contributed by atoms with Gasteiger partial charge >= 0.3 is 5.97 Å². The number of aliphatic carboxylic acids is 1. The second-order valence-corrected chi connectivity index (χ2v) is 10.4. The van der Waals surface area contributed by atoms with E-state index in [1.165, 1.54) is 4.31 Å². The summed E-state index contributed by atoms with van der Waals surface area (Å²) < 4.78 is 29.0. The number of hydrogen-bond acceptors (Lipinski definition) is 5. The molecule has 0 radical (unpaired) electrons. The number of benzene rings is 3. The van der Waals surface area contributed by atoms with Gasteiger partial charge in [-0.05, 0) is 53.4 Å². The molecule has 8 nitrogen and oxygen atoms in total. The molecule has 0 aliphatic carbocycles. The van der Waals surface area contributed by atoms with Crippen molar-refractivity contribution in [3.8, 4) is 0 Å². The minimum atomic E-state index is -3.66. The molecule has 1 aromatic heterocycles. The van der Waals surface area contributed by atoms with Crippen LogP contribution in [0.5, 0.6) is 0 Å². The lowest BCUT2D eigenvalue weighted by Crippen LogP contribution is -2.27. The molecule has 34 heavy (non-hydrogen) atoms.